The Morgan fingerprint density at radius 1 is 1.40 bits per heavy atom. The summed E-state index contributed by atoms with van der Waals surface area (Å²) in [5, 5.41) is 19.7. The molecule has 0 saturated heterocycles. The second-order valence-corrected chi connectivity index (χ2v) is 4.57. The molecule has 0 unspecified atom stereocenters. The number of ether oxygens (including phenoxy) is 1. The summed E-state index contributed by atoms with van der Waals surface area (Å²) in [5.41, 5.74) is 2.08. The SMILES string of the molecule is Cc1[nH]ncc1CNC[C@@H](O)COc1ccc(F)cc1. The number of halogens is 1. The van der Waals surface area contributed by atoms with Crippen molar-refractivity contribution in [3.05, 3.63) is 47.5 Å². The zero-order valence-corrected chi connectivity index (χ0v) is 11.3. The number of hydrogen-bond donors (Lipinski definition) is 3. The van der Waals surface area contributed by atoms with Crippen LogP contribution in [0.2, 0.25) is 0 Å². The van der Waals surface area contributed by atoms with E-state index in [1.165, 1.54) is 24.3 Å². The monoisotopic (exact) mass is 279 g/mol. The average molecular weight is 279 g/mol. The Hall–Kier alpha value is -1.92. The van der Waals surface area contributed by atoms with Crippen LogP contribution in [0.5, 0.6) is 5.75 Å². The molecule has 108 valence electrons. The van der Waals surface area contributed by atoms with Crippen LogP contribution in [0.1, 0.15) is 11.3 Å². The molecule has 2 rings (SSSR count). The topological polar surface area (TPSA) is 70.2 Å². The molecule has 20 heavy (non-hydrogen) atoms. The van der Waals surface area contributed by atoms with E-state index < -0.39 is 6.10 Å². The van der Waals surface area contributed by atoms with Crippen LogP contribution >= 0.6 is 0 Å². The van der Waals surface area contributed by atoms with Gasteiger partial charge in [-0.05, 0) is 31.2 Å². The smallest absolute Gasteiger partial charge is 0.123 e. The molecular weight excluding hydrogens is 261 g/mol. The Kier molecular flexibility index (Phi) is 5.09. The zero-order valence-electron chi connectivity index (χ0n) is 11.3. The van der Waals surface area contributed by atoms with Gasteiger partial charge >= 0.3 is 0 Å². The molecule has 0 amide bonds. The number of H-pyrrole nitrogens is 1. The average Bonchev–Trinajstić information content (AvgIpc) is 2.84. The van der Waals surface area contributed by atoms with Gasteiger partial charge in [-0.25, -0.2) is 4.39 Å². The molecule has 5 nitrogen and oxygen atoms in total. The van der Waals surface area contributed by atoms with E-state index in [1.807, 2.05) is 6.92 Å². The zero-order chi connectivity index (χ0) is 14.4. The van der Waals surface area contributed by atoms with Crippen molar-refractivity contribution in [3.8, 4) is 5.75 Å². The van der Waals surface area contributed by atoms with E-state index in [-0.39, 0.29) is 12.4 Å². The third kappa shape index (κ3) is 4.32. The van der Waals surface area contributed by atoms with E-state index in [9.17, 15) is 9.50 Å². The van der Waals surface area contributed by atoms with Crippen LogP contribution in [0.3, 0.4) is 0 Å². The molecule has 1 heterocycles. The van der Waals surface area contributed by atoms with Crippen molar-refractivity contribution in [3.63, 3.8) is 0 Å². The fourth-order valence-electron chi connectivity index (χ4n) is 1.71. The number of nitrogens with one attached hydrogen (secondary N) is 2. The van der Waals surface area contributed by atoms with Crippen LogP contribution in [0.4, 0.5) is 4.39 Å². The van der Waals surface area contributed by atoms with Crippen LogP contribution in [-0.2, 0) is 6.54 Å². The summed E-state index contributed by atoms with van der Waals surface area (Å²) in [6.45, 7) is 3.14. The molecule has 0 bridgehead atoms. The molecule has 0 spiro atoms. The molecule has 0 aliphatic carbocycles. The summed E-state index contributed by atoms with van der Waals surface area (Å²) < 4.78 is 18.1. The second-order valence-electron chi connectivity index (χ2n) is 4.57. The van der Waals surface area contributed by atoms with Crippen molar-refractivity contribution in [2.75, 3.05) is 13.2 Å². The summed E-state index contributed by atoms with van der Waals surface area (Å²) in [5.74, 6) is 0.228. The van der Waals surface area contributed by atoms with Crippen LogP contribution < -0.4 is 10.1 Å². The van der Waals surface area contributed by atoms with Gasteiger partial charge in [-0.3, -0.25) is 5.10 Å². The van der Waals surface area contributed by atoms with E-state index in [0.29, 0.717) is 18.8 Å². The van der Waals surface area contributed by atoms with Gasteiger partial charge in [0.2, 0.25) is 0 Å². The molecule has 3 N–H and O–H groups in total. The predicted molar refractivity (Wildman–Crippen MR) is 72.9 cm³/mol. The molecule has 0 radical (unpaired) electrons. The summed E-state index contributed by atoms with van der Waals surface area (Å²) in [7, 11) is 0. The van der Waals surface area contributed by atoms with Crippen molar-refractivity contribution < 1.29 is 14.2 Å². The minimum atomic E-state index is -0.632. The van der Waals surface area contributed by atoms with Gasteiger partial charge in [-0.1, -0.05) is 0 Å². The maximum absolute atomic E-state index is 12.7. The number of aryl methyl sites for hydroxylation is 1. The van der Waals surface area contributed by atoms with Crippen LogP contribution in [0.25, 0.3) is 0 Å². The van der Waals surface area contributed by atoms with E-state index in [2.05, 4.69) is 15.5 Å². The molecule has 0 saturated carbocycles. The quantitative estimate of drug-likeness (QED) is 0.716. The molecule has 1 atom stereocenters. The number of aromatic amines is 1. The maximum atomic E-state index is 12.7. The van der Waals surface area contributed by atoms with Gasteiger partial charge in [0.15, 0.2) is 0 Å². The van der Waals surface area contributed by atoms with Crippen LogP contribution in [0, 0.1) is 12.7 Å². The number of rotatable bonds is 7. The van der Waals surface area contributed by atoms with Crippen molar-refractivity contribution in [2.45, 2.75) is 19.6 Å². The molecular formula is C14H18FN3O2. The van der Waals surface area contributed by atoms with E-state index in [4.69, 9.17) is 4.74 Å². The summed E-state index contributed by atoms with van der Waals surface area (Å²) in [6, 6.07) is 5.71. The Morgan fingerprint density at radius 2 is 2.15 bits per heavy atom. The number of aliphatic hydroxyl groups excluding tert-OH is 1. The van der Waals surface area contributed by atoms with Crippen molar-refractivity contribution >= 4 is 0 Å². The number of nitrogens with zero attached hydrogens (tertiary/aromatic N) is 1. The molecule has 1 aromatic heterocycles. The minimum absolute atomic E-state index is 0.156. The summed E-state index contributed by atoms with van der Waals surface area (Å²) in [6.07, 6.45) is 1.12. The summed E-state index contributed by atoms with van der Waals surface area (Å²) >= 11 is 0. The summed E-state index contributed by atoms with van der Waals surface area (Å²) in [4.78, 5) is 0. The van der Waals surface area contributed by atoms with Crippen molar-refractivity contribution in [1.82, 2.24) is 15.5 Å². The highest BCUT2D eigenvalue weighted by molar-refractivity contribution is 5.22. The number of aromatic nitrogens is 2. The molecule has 1 aromatic carbocycles. The molecule has 0 fully saturated rings. The van der Waals surface area contributed by atoms with E-state index >= 15 is 0 Å². The Balaban J connectivity index is 1.66. The highest BCUT2D eigenvalue weighted by Crippen LogP contribution is 2.11. The molecule has 0 aliphatic heterocycles. The van der Waals surface area contributed by atoms with Crippen molar-refractivity contribution in [1.29, 1.82) is 0 Å². The van der Waals surface area contributed by atoms with Gasteiger partial charge in [-0.15, -0.1) is 0 Å². The van der Waals surface area contributed by atoms with Gasteiger partial charge in [0.1, 0.15) is 24.3 Å². The van der Waals surface area contributed by atoms with E-state index in [0.717, 1.165) is 11.3 Å². The van der Waals surface area contributed by atoms with E-state index in [1.54, 1.807) is 6.20 Å². The second kappa shape index (κ2) is 7.02. The van der Waals surface area contributed by atoms with Gasteiger partial charge in [0.25, 0.3) is 0 Å². The third-order valence-corrected chi connectivity index (χ3v) is 2.89. The predicted octanol–water partition coefficient (Wildman–Crippen LogP) is 1.39. The Bertz CT molecular complexity index is 527. The molecule has 0 aliphatic rings. The lowest BCUT2D eigenvalue weighted by atomic mass is 10.2. The third-order valence-electron chi connectivity index (χ3n) is 2.89. The lowest BCUT2D eigenvalue weighted by Gasteiger charge is -2.13. The lowest BCUT2D eigenvalue weighted by Crippen LogP contribution is -2.31. The first-order valence-electron chi connectivity index (χ1n) is 6.41. The highest BCUT2D eigenvalue weighted by atomic mass is 19.1. The van der Waals surface area contributed by atoms with Gasteiger partial charge in [0.05, 0.1) is 6.20 Å². The fourth-order valence-corrected chi connectivity index (χ4v) is 1.71. The largest absolute Gasteiger partial charge is 0.491 e. The number of hydrogen-bond acceptors (Lipinski definition) is 4. The minimum Gasteiger partial charge on any atom is -0.491 e. The first-order chi connectivity index (χ1) is 9.65. The van der Waals surface area contributed by atoms with Gasteiger partial charge in [-0.2, -0.15) is 5.10 Å². The maximum Gasteiger partial charge on any atom is 0.123 e. The number of benzene rings is 1. The first-order valence-corrected chi connectivity index (χ1v) is 6.41. The number of aliphatic hydroxyl groups is 1. The van der Waals surface area contributed by atoms with Gasteiger partial charge in [0, 0.05) is 24.3 Å². The van der Waals surface area contributed by atoms with Crippen LogP contribution in [-0.4, -0.2) is 34.6 Å². The Labute approximate surface area is 116 Å². The standard InChI is InChI=1S/C14H18FN3O2/c1-10-11(7-17-18-10)6-16-8-13(19)9-20-14-4-2-12(15)3-5-14/h2-5,7,13,16,19H,6,8-9H2,1H3,(H,17,18)/t13-/m1/s1. The first kappa shape index (κ1) is 14.5. The molecule has 6 heteroatoms. The fraction of sp³-hybridized carbons (Fsp3) is 0.357. The van der Waals surface area contributed by atoms with Gasteiger partial charge < -0.3 is 15.2 Å². The highest BCUT2D eigenvalue weighted by Gasteiger charge is 2.06. The van der Waals surface area contributed by atoms with Crippen molar-refractivity contribution in [2.24, 2.45) is 0 Å². The lowest BCUT2D eigenvalue weighted by molar-refractivity contribution is 0.106. The normalized spacial score (nSPS) is 12.3. The van der Waals surface area contributed by atoms with Crippen LogP contribution in [0.15, 0.2) is 30.5 Å². The Morgan fingerprint density at radius 3 is 2.80 bits per heavy atom. The molecule has 2 aromatic rings.